The summed E-state index contributed by atoms with van der Waals surface area (Å²) in [5.41, 5.74) is 5.24. The van der Waals surface area contributed by atoms with Crippen molar-refractivity contribution in [2.24, 2.45) is 5.73 Å². The maximum absolute atomic E-state index is 11.9. The van der Waals surface area contributed by atoms with Crippen LogP contribution in [0.4, 0.5) is 0 Å². The number of hydrogen-bond donors (Lipinski definition) is 7. The maximum Gasteiger partial charge on any atom is 0.325 e. The molecule has 0 saturated heterocycles. The van der Waals surface area contributed by atoms with Gasteiger partial charge in [0.2, 0.25) is 17.7 Å². The minimum Gasteiger partial charge on any atom is -0.481 e. The fraction of sp³-hybridized carbons (Fsp3) is 0.583. The van der Waals surface area contributed by atoms with Crippen molar-refractivity contribution in [3.8, 4) is 0 Å². The first kappa shape index (κ1) is 21.3. The summed E-state index contributed by atoms with van der Waals surface area (Å²) in [5.74, 6) is -5.40. The summed E-state index contributed by atoms with van der Waals surface area (Å²) in [4.78, 5) is 56.1. The molecule has 0 fully saturated rings. The average molecular weight is 348 g/mol. The van der Waals surface area contributed by atoms with Gasteiger partial charge in [0.25, 0.3) is 0 Å². The highest BCUT2D eigenvalue weighted by Gasteiger charge is 2.26. The number of carbonyl (C=O) groups is 5. The second-order valence-electron chi connectivity index (χ2n) is 4.79. The van der Waals surface area contributed by atoms with Gasteiger partial charge in [-0.1, -0.05) is 0 Å². The second kappa shape index (κ2) is 10.1. The molecular weight excluding hydrogens is 328 g/mol. The van der Waals surface area contributed by atoms with Crippen molar-refractivity contribution in [3.63, 3.8) is 0 Å². The van der Waals surface area contributed by atoms with Crippen LogP contribution in [0.25, 0.3) is 0 Å². The summed E-state index contributed by atoms with van der Waals surface area (Å²) in [6.07, 6.45) is -0.775. The van der Waals surface area contributed by atoms with Crippen molar-refractivity contribution in [1.82, 2.24) is 16.0 Å². The number of aliphatic hydroxyl groups is 1. The molecule has 3 unspecified atom stereocenters. The summed E-state index contributed by atoms with van der Waals surface area (Å²) in [7, 11) is 0. The minimum atomic E-state index is -1.52. The van der Waals surface area contributed by atoms with E-state index in [1.54, 1.807) is 0 Å². The summed E-state index contributed by atoms with van der Waals surface area (Å²) in [6.45, 7) is -0.108. The van der Waals surface area contributed by atoms with Gasteiger partial charge in [-0.2, -0.15) is 0 Å². The predicted octanol–water partition coefficient (Wildman–Crippen LogP) is -4.03. The van der Waals surface area contributed by atoms with Gasteiger partial charge in [0, 0.05) is 0 Å². The lowest BCUT2D eigenvalue weighted by atomic mass is 10.1. The number of nitrogens with one attached hydrogen (secondary N) is 3. The van der Waals surface area contributed by atoms with Gasteiger partial charge in [0.05, 0.1) is 19.6 Å². The maximum atomic E-state index is 11.9. The topological polar surface area (TPSA) is 208 Å². The summed E-state index contributed by atoms with van der Waals surface area (Å²) < 4.78 is 0. The fourth-order valence-electron chi connectivity index (χ4n) is 1.39. The van der Waals surface area contributed by atoms with E-state index in [1.807, 2.05) is 5.32 Å². The molecule has 0 aliphatic carbocycles. The van der Waals surface area contributed by atoms with Crippen LogP contribution in [0.2, 0.25) is 0 Å². The van der Waals surface area contributed by atoms with Gasteiger partial charge in [0.15, 0.2) is 0 Å². The van der Waals surface area contributed by atoms with Gasteiger partial charge in [-0.25, -0.2) is 0 Å². The van der Waals surface area contributed by atoms with Gasteiger partial charge in [-0.3, -0.25) is 24.0 Å². The lowest BCUT2D eigenvalue weighted by Crippen LogP contribution is -2.54. The Labute approximate surface area is 136 Å². The Morgan fingerprint density at radius 1 is 1.04 bits per heavy atom. The van der Waals surface area contributed by atoms with E-state index in [1.165, 1.54) is 6.92 Å². The number of hydrogen-bond acceptors (Lipinski definition) is 7. The zero-order chi connectivity index (χ0) is 18.9. The molecule has 0 spiro atoms. The van der Waals surface area contributed by atoms with Crippen molar-refractivity contribution in [2.45, 2.75) is 31.5 Å². The van der Waals surface area contributed by atoms with Crippen LogP contribution >= 0.6 is 0 Å². The molecule has 3 atom stereocenters. The number of rotatable bonds is 10. The first-order valence-electron chi connectivity index (χ1n) is 6.77. The normalized spacial score (nSPS) is 14.0. The van der Waals surface area contributed by atoms with E-state index in [4.69, 9.17) is 21.1 Å². The number of nitrogens with two attached hydrogens (primary N) is 1. The molecule has 24 heavy (non-hydrogen) atoms. The number of amides is 3. The molecule has 3 amide bonds. The SMILES string of the molecule is CC(NC(=O)CNC(=O)C(CC(=O)O)NC(=O)C(N)CO)C(=O)O. The van der Waals surface area contributed by atoms with Crippen molar-refractivity contribution >= 4 is 29.7 Å². The number of carboxylic acids is 2. The van der Waals surface area contributed by atoms with Crippen LogP contribution in [0.3, 0.4) is 0 Å². The summed E-state index contributed by atoms with van der Waals surface area (Å²) in [5, 5.41) is 32.3. The first-order chi connectivity index (χ1) is 11.1. The Morgan fingerprint density at radius 3 is 2.08 bits per heavy atom. The molecule has 0 rings (SSSR count). The largest absolute Gasteiger partial charge is 0.481 e. The van der Waals surface area contributed by atoms with Gasteiger partial charge in [0.1, 0.15) is 18.1 Å². The Bertz CT molecular complexity index is 509. The summed E-state index contributed by atoms with van der Waals surface area (Å²) in [6, 6.07) is -4.03. The van der Waals surface area contributed by atoms with Crippen LogP contribution in [0.1, 0.15) is 13.3 Å². The molecule has 12 heteroatoms. The average Bonchev–Trinajstić information content (AvgIpc) is 2.50. The molecule has 0 radical (unpaired) electrons. The van der Waals surface area contributed by atoms with Crippen molar-refractivity contribution in [2.75, 3.05) is 13.2 Å². The number of carboxylic acid groups (broad SMARTS) is 2. The van der Waals surface area contributed by atoms with Gasteiger partial charge in [-0.05, 0) is 6.92 Å². The Morgan fingerprint density at radius 2 is 1.62 bits per heavy atom. The zero-order valence-electron chi connectivity index (χ0n) is 12.8. The highest BCUT2D eigenvalue weighted by molar-refractivity contribution is 5.94. The third kappa shape index (κ3) is 8.05. The van der Waals surface area contributed by atoms with Gasteiger partial charge >= 0.3 is 11.9 Å². The van der Waals surface area contributed by atoms with E-state index >= 15 is 0 Å². The van der Waals surface area contributed by atoms with Crippen LogP contribution in [0.5, 0.6) is 0 Å². The molecule has 136 valence electrons. The van der Waals surface area contributed by atoms with Crippen LogP contribution in [-0.2, 0) is 24.0 Å². The molecule has 0 aliphatic rings. The number of carbonyl (C=O) groups excluding carboxylic acids is 3. The molecule has 0 aromatic heterocycles. The van der Waals surface area contributed by atoms with E-state index in [2.05, 4.69) is 10.6 Å². The zero-order valence-corrected chi connectivity index (χ0v) is 12.8. The fourth-order valence-corrected chi connectivity index (χ4v) is 1.39. The number of aliphatic hydroxyl groups excluding tert-OH is 1. The standard InChI is InChI=1S/C12H20N4O8/c1-5(12(23)24)15-8(18)3-14-11(22)7(2-9(19)20)16-10(21)6(13)4-17/h5-7,17H,2-4,13H2,1H3,(H,14,22)(H,15,18)(H,16,21)(H,19,20)(H,23,24). The third-order valence-electron chi connectivity index (χ3n) is 2.72. The van der Waals surface area contributed by atoms with Crippen LogP contribution in [0, 0.1) is 0 Å². The minimum absolute atomic E-state index is 0.617. The van der Waals surface area contributed by atoms with Gasteiger partial charge in [-0.15, -0.1) is 0 Å². The van der Waals surface area contributed by atoms with E-state index in [-0.39, 0.29) is 0 Å². The summed E-state index contributed by atoms with van der Waals surface area (Å²) >= 11 is 0. The predicted molar refractivity (Wildman–Crippen MR) is 77.5 cm³/mol. The molecule has 0 aromatic rings. The molecule has 8 N–H and O–H groups in total. The highest BCUT2D eigenvalue weighted by Crippen LogP contribution is 1.94. The quantitative estimate of drug-likeness (QED) is 0.205. The van der Waals surface area contributed by atoms with Crippen LogP contribution in [0.15, 0.2) is 0 Å². The molecule has 0 aliphatic heterocycles. The lowest BCUT2D eigenvalue weighted by Gasteiger charge is -2.18. The second-order valence-corrected chi connectivity index (χ2v) is 4.79. The molecule has 0 aromatic carbocycles. The van der Waals surface area contributed by atoms with Crippen molar-refractivity contribution in [3.05, 3.63) is 0 Å². The smallest absolute Gasteiger partial charge is 0.325 e. The Kier molecular flexibility index (Phi) is 8.97. The van der Waals surface area contributed by atoms with Crippen LogP contribution < -0.4 is 21.7 Å². The Balaban J connectivity index is 4.65. The molecule has 0 heterocycles. The van der Waals surface area contributed by atoms with Crippen molar-refractivity contribution < 1.29 is 39.3 Å². The van der Waals surface area contributed by atoms with E-state index in [0.717, 1.165) is 0 Å². The number of aliphatic carboxylic acids is 2. The van der Waals surface area contributed by atoms with E-state index in [0.29, 0.717) is 0 Å². The van der Waals surface area contributed by atoms with Crippen LogP contribution in [-0.4, -0.2) is 76.3 Å². The van der Waals surface area contributed by atoms with Crippen molar-refractivity contribution in [1.29, 1.82) is 0 Å². The lowest BCUT2D eigenvalue weighted by molar-refractivity contribution is -0.142. The highest BCUT2D eigenvalue weighted by atomic mass is 16.4. The monoisotopic (exact) mass is 348 g/mol. The Hall–Kier alpha value is -2.73. The first-order valence-corrected chi connectivity index (χ1v) is 6.77. The van der Waals surface area contributed by atoms with E-state index in [9.17, 15) is 24.0 Å². The molecule has 0 bridgehead atoms. The molecule has 0 saturated carbocycles. The molecular formula is C12H20N4O8. The van der Waals surface area contributed by atoms with E-state index < -0.39 is 67.4 Å². The van der Waals surface area contributed by atoms with Gasteiger partial charge < -0.3 is 37.0 Å². The third-order valence-corrected chi connectivity index (χ3v) is 2.72. The molecule has 12 nitrogen and oxygen atoms in total.